The van der Waals surface area contributed by atoms with Crippen LogP contribution in [0.4, 0.5) is 0 Å². The van der Waals surface area contributed by atoms with Crippen molar-refractivity contribution < 1.29 is 9.53 Å². The molecule has 3 atom stereocenters. The zero-order chi connectivity index (χ0) is 12.1. The number of hydrogen-bond donors (Lipinski definition) is 2. The highest BCUT2D eigenvalue weighted by atomic mass is 32.2. The monoisotopic (exact) mass is 276 g/mol. The molecule has 3 N–H and O–H groups in total. The van der Waals surface area contributed by atoms with Crippen molar-refractivity contribution in [3.8, 4) is 0 Å². The van der Waals surface area contributed by atoms with Gasteiger partial charge < -0.3 is 15.8 Å². The molecular weight excluding hydrogens is 256 g/mol. The molecule has 6 heteroatoms. The van der Waals surface area contributed by atoms with Crippen molar-refractivity contribution in [2.45, 2.75) is 30.3 Å². The van der Waals surface area contributed by atoms with Crippen LogP contribution in [0.25, 0.3) is 0 Å². The van der Waals surface area contributed by atoms with E-state index in [1.165, 1.54) is 11.5 Å². The van der Waals surface area contributed by atoms with Crippen molar-refractivity contribution in [1.29, 1.82) is 0 Å². The minimum Gasteiger partial charge on any atom is -0.364 e. The van der Waals surface area contributed by atoms with Crippen LogP contribution in [0.2, 0.25) is 0 Å². The van der Waals surface area contributed by atoms with Crippen LogP contribution < -0.4 is 11.1 Å². The third-order valence-corrected chi connectivity index (χ3v) is 5.90. The maximum Gasteiger partial charge on any atom is 0.249 e. The van der Waals surface area contributed by atoms with E-state index in [0.29, 0.717) is 11.8 Å². The number of thioether (sulfide) groups is 2. The summed E-state index contributed by atoms with van der Waals surface area (Å²) in [4.78, 5) is 11.9. The van der Waals surface area contributed by atoms with Crippen LogP contribution in [-0.4, -0.2) is 53.7 Å². The van der Waals surface area contributed by atoms with E-state index >= 15 is 0 Å². The predicted octanol–water partition coefficient (Wildman–Crippen LogP) is 0.457. The van der Waals surface area contributed by atoms with Crippen LogP contribution in [-0.2, 0) is 9.53 Å². The van der Waals surface area contributed by atoms with E-state index in [4.69, 9.17) is 10.5 Å². The van der Waals surface area contributed by atoms with Crippen molar-refractivity contribution >= 4 is 29.4 Å². The van der Waals surface area contributed by atoms with Gasteiger partial charge in [0.05, 0.1) is 6.10 Å². The fourth-order valence-corrected chi connectivity index (χ4v) is 4.67. The lowest BCUT2D eigenvalue weighted by Crippen LogP contribution is -2.40. The Balaban J connectivity index is 1.66. The zero-order valence-electron chi connectivity index (χ0n) is 9.89. The molecule has 2 aliphatic heterocycles. The van der Waals surface area contributed by atoms with Crippen molar-refractivity contribution in [2.75, 3.05) is 30.3 Å². The molecule has 0 aromatic rings. The molecule has 2 rings (SSSR count). The second-order valence-electron chi connectivity index (χ2n) is 4.37. The van der Waals surface area contributed by atoms with Gasteiger partial charge in [-0.15, -0.1) is 0 Å². The minimum atomic E-state index is -0.273. The number of carbonyl (C=O) groups excluding carboxylic acids is 1. The molecular formula is C11H20N2O2S2. The first-order valence-corrected chi connectivity index (χ1v) is 8.32. The molecule has 0 aromatic heterocycles. The third-order valence-electron chi connectivity index (χ3n) is 3.05. The second kappa shape index (κ2) is 6.87. The van der Waals surface area contributed by atoms with Crippen LogP contribution in [0.3, 0.4) is 0 Å². The lowest BCUT2D eigenvalue weighted by Gasteiger charge is -2.22. The average Bonchev–Trinajstić information content (AvgIpc) is 2.86. The number of ether oxygens (including phenoxy) is 1. The molecule has 1 amide bonds. The SMILES string of the molecule is NC[C@H]1CC[C@@H](C(=O)NCC2CSCCS2)O1. The van der Waals surface area contributed by atoms with E-state index in [-0.39, 0.29) is 18.1 Å². The van der Waals surface area contributed by atoms with E-state index in [0.717, 1.165) is 25.1 Å². The summed E-state index contributed by atoms with van der Waals surface area (Å²) >= 11 is 3.93. The first-order chi connectivity index (χ1) is 8.29. The number of rotatable bonds is 4. The van der Waals surface area contributed by atoms with Gasteiger partial charge in [0.15, 0.2) is 0 Å². The molecule has 0 radical (unpaired) electrons. The molecule has 0 bridgehead atoms. The summed E-state index contributed by atoms with van der Waals surface area (Å²) in [5.41, 5.74) is 5.52. The molecule has 98 valence electrons. The van der Waals surface area contributed by atoms with E-state index in [2.05, 4.69) is 5.32 Å². The summed E-state index contributed by atoms with van der Waals surface area (Å²) in [7, 11) is 0. The molecule has 17 heavy (non-hydrogen) atoms. The summed E-state index contributed by atoms with van der Waals surface area (Å²) in [5, 5.41) is 3.56. The Kier molecular flexibility index (Phi) is 5.47. The largest absolute Gasteiger partial charge is 0.364 e. The van der Waals surface area contributed by atoms with Gasteiger partial charge in [-0.2, -0.15) is 23.5 Å². The smallest absolute Gasteiger partial charge is 0.249 e. The quantitative estimate of drug-likeness (QED) is 0.781. The van der Waals surface area contributed by atoms with Gasteiger partial charge in [0.1, 0.15) is 6.10 Å². The maximum absolute atomic E-state index is 11.9. The minimum absolute atomic E-state index is 0.0390. The lowest BCUT2D eigenvalue weighted by atomic mass is 10.2. The number of carbonyl (C=O) groups is 1. The first-order valence-electron chi connectivity index (χ1n) is 6.12. The molecule has 2 saturated heterocycles. The van der Waals surface area contributed by atoms with Crippen molar-refractivity contribution in [3.63, 3.8) is 0 Å². The number of hydrogen-bond acceptors (Lipinski definition) is 5. The van der Waals surface area contributed by atoms with Gasteiger partial charge in [0.2, 0.25) is 5.91 Å². The summed E-state index contributed by atoms with van der Waals surface area (Å²) in [6.45, 7) is 1.28. The van der Waals surface area contributed by atoms with Crippen molar-refractivity contribution in [1.82, 2.24) is 5.32 Å². The zero-order valence-corrected chi connectivity index (χ0v) is 11.5. The van der Waals surface area contributed by atoms with Gasteiger partial charge in [0, 0.05) is 35.6 Å². The summed E-state index contributed by atoms with van der Waals surface area (Å²) in [6.07, 6.45) is 1.51. The summed E-state index contributed by atoms with van der Waals surface area (Å²) in [6, 6.07) is 0. The molecule has 2 heterocycles. The van der Waals surface area contributed by atoms with E-state index in [1.54, 1.807) is 0 Å². The van der Waals surface area contributed by atoms with Crippen LogP contribution >= 0.6 is 23.5 Å². The number of amides is 1. The molecule has 2 aliphatic rings. The lowest BCUT2D eigenvalue weighted by molar-refractivity contribution is -0.131. The Morgan fingerprint density at radius 1 is 1.41 bits per heavy atom. The standard InChI is InChI=1S/C11H20N2O2S2/c12-5-8-1-2-10(15-8)11(14)13-6-9-7-16-3-4-17-9/h8-10H,1-7,12H2,(H,13,14)/t8-,9?,10+/m1/s1. The number of nitrogens with one attached hydrogen (secondary N) is 1. The molecule has 0 aromatic carbocycles. The molecule has 0 saturated carbocycles. The van der Waals surface area contributed by atoms with Gasteiger partial charge in [0.25, 0.3) is 0 Å². The normalized spacial score (nSPS) is 33.6. The average molecular weight is 276 g/mol. The summed E-state index contributed by atoms with van der Waals surface area (Å²) < 4.78 is 5.56. The van der Waals surface area contributed by atoms with Crippen molar-refractivity contribution in [3.05, 3.63) is 0 Å². The fraction of sp³-hybridized carbons (Fsp3) is 0.909. The molecule has 2 fully saturated rings. The molecule has 4 nitrogen and oxygen atoms in total. The van der Waals surface area contributed by atoms with Gasteiger partial charge in [-0.05, 0) is 12.8 Å². The Hall–Kier alpha value is 0.0900. The van der Waals surface area contributed by atoms with Crippen LogP contribution in [0.5, 0.6) is 0 Å². The Labute approximate surface area is 111 Å². The van der Waals surface area contributed by atoms with Crippen molar-refractivity contribution in [2.24, 2.45) is 5.73 Å². The molecule has 0 aliphatic carbocycles. The van der Waals surface area contributed by atoms with Gasteiger partial charge in [-0.1, -0.05) is 0 Å². The Morgan fingerprint density at radius 3 is 2.94 bits per heavy atom. The first kappa shape index (κ1) is 13.5. The predicted molar refractivity (Wildman–Crippen MR) is 73.5 cm³/mol. The fourth-order valence-electron chi connectivity index (χ4n) is 2.05. The highest BCUT2D eigenvalue weighted by Crippen LogP contribution is 2.23. The van der Waals surface area contributed by atoms with Gasteiger partial charge in [-0.25, -0.2) is 0 Å². The molecule has 0 spiro atoms. The highest BCUT2D eigenvalue weighted by Gasteiger charge is 2.30. The topological polar surface area (TPSA) is 64.4 Å². The van der Waals surface area contributed by atoms with E-state index in [9.17, 15) is 4.79 Å². The summed E-state index contributed by atoms with van der Waals surface area (Å²) in [5.74, 6) is 3.61. The Bertz CT molecular complexity index is 260. The number of nitrogens with two attached hydrogens (primary N) is 1. The van der Waals surface area contributed by atoms with Gasteiger partial charge in [-0.3, -0.25) is 4.79 Å². The Morgan fingerprint density at radius 2 is 2.29 bits per heavy atom. The van der Waals surface area contributed by atoms with Crippen LogP contribution in [0.1, 0.15) is 12.8 Å². The van der Waals surface area contributed by atoms with Crippen LogP contribution in [0, 0.1) is 0 Å². The van der Waals surface area contributed by atoms with Crippen LogP contribution in [0.15, 0.2) is 0 Å². The maximum atomic E-state index is 11.9. The second-order valence-corrected chi connectivity index (χ2v) is 6.93. The van der Waals surface area contributed by atoms with E-state index in [1.807, 2.05) is 23.5 Å². The third kappa shape index (κ3) is 4.05. The highest BCUT2D eigenvalue weighted by molar-refractivity contribution is 8.06. The van der Waals surface area contributed by atoms with E-state index < -0.39 is 0 Å². The molecule has 1 unspecified atom stereocenters. The van der Waals surface area contributed by atoms with Gasteiger partial charge >= 0.3 is 0 Å².